The molecule has 1 aliphatic carbocycles. The van der Waals surface area contributed by atoms with Crippen molar-refractivity contribution in [1.82, 2.24) is 0 Å². The lowest BCUT2D eigenvalue weighted by Gasteiger charge is -2.42. The molecular weight excluding hydrogens is 184 g/mol. The van der Waals surface area contributed by atoms with E-state index in [1.807, 2.05) is 0 Å². The molecule has 4 heteroatoms. The molecule has 4 N–H and O–H groups in total. The maximum atomic E-state index is 9.79. The molecule has 0 saturated heterocycles. The molecule has 0 bridgehead atoms. The molecule has 1 fully saturated rings. The second-order valence-electron chi connectivity index (χ2n) is 4.86. The van der Waals surface area contributed by atoms with Crippen molar-refractivity contribution in [1.29, 1.82) is 0 Å². The molecule has 0 unspecified atom stereocenters. The summed E-state index contributed by atoms with van der Waals surface area (Å²) in [6.07, 6.45) is 0.590. The van der Waals surface area contributed by atoms with E-state index in [9.17, 15) is 15.3 Å². The van der Waals surface area contributed by atoms with Crippen molar-refractivity contribution in [2.24, 2.45) is 5.92 Å². The number of hydrogen-bond acceptors (Lipinski definition) is 4. The summed E-state index contributed by atoms with van der Waals surface area (Å²) < 4.78 is 0. The minimum atomic E-state index is -1.16. The summed E-state index contributed by atoms with van der Waals surface area (Å²) in [5, 5.41) is 38.1. The molecule has 84 valence electrons. The van der Waals surface area contributed by atoms with E-state index in [1.165, 1.54) is 0 Å². The minimum Gasteiger partial charge on any atom is -0.393 e. The second-order valence-corrected chi connectivity index (χ2v) is 4.86. The van der Waals surface area contributed by atoms with Gasteiger partial charge in [0.2, 0.25) is 0 Å². The number of aliphatic hydroxyl groups excluding tert-OH is 2. The Morgan fingerprint density at radius 3 is 2.50 bits per heavy atom. The summed E-state index contributed by atoms with van der Waals surface area (Å²) in [6, 6.07) is 0. The predicted octanol–water partition coefficient (Wildman–Crippen LogP) is -0.358. The quantitative estimate of drug-likeness (QED) is 0.495. The van der Waals surface area contributed by atoms with E-state index >= 15 is 0 Å². The fraction of sp³-hybridized carbons (Fsp3) is 1.00. The van der Waals surface area contributed by atoms with Crippen LogP contribution in [0.2, 0.25) is 0 Å². The molecule has 0 aliphatic heterocycles. The van der Waals surface area contributed by atoms with E-state index in [-0.39, 0.29) is 12.5 Å². The molecule has 0 aromatic rings. The maximum absolute atomic E-state index is 9.79. The average Bonchev–Trinajstić information content (AvgIpc) is 2.09. The van der Waals surface area contributed by atoms with Gasteiger partial charge in [-0.05, 0) is 39.0 Å². The maximum Gasteiger partial charge on any atom is 0.0878 e. The molecule has 0 spiro atoms. The zero-order valence-corrected chi connectivity index (χ0v) is 8.77. The van der Waals surface area contributed by atoms with Crippen LogP contribution in [0.25, 0.3) is 0 Å². The fourth-order valence-electron chi connectivity index (χ4n) is 1.97. The predicted molar refractivity (Wildman–Crippen MR) is 51.7 cm³/mol. The first-order valence-corrected chi connectivity index (χ1v) is 5.03. The molecular formula is C10H20O4. The summed E-state index contributed by atoms with van der Waals surface area (Å²) in [5.41, 5.74) is -2.21. The Bertz CT molecular complexity index is 200. The van der Waals surface area contributed by atoms with Crippen molar-refractivity contribution in [3.05, 3.63) is 0 Å². The Labute approximate surface area is 84.2 Å². The third kappa shape index (κ3) is 2.25. The molecule has 0 aromatic heterocycles. The number of rotatable bonds is 2. The lowest BCUT2D eigenvalue weighted by atomic mass is 9.71. The van der Waals surface area contributed by atoms with Gasteiger partial charge in [-0.3, -0.25) is 0 Å². The third-order valence-electron chi connectivity index (χ3n) is 3.42. The molecule has 0 amide bonds. The van der Waals surface area contributed by atoms with Crippen molar-refractivity contribution in [3.63, 3.8) is 0 Å². The van der Waals surface area contributed by atoms with E-state index < -0.39 is 17.3 Å². The van der Waals surface area contributed by atoms with E-state index in [2.05, 4.69) is 0 Å². The lowest BCUT2D eigenvalue weighted by molar-refractivity contribution is -0.139. The molecule has 0 radical (unpaired) electrons. The minimum absolute atomic E-state index is 0.150. The number of hydrogen-bond donors (Lipinski definition) is 4. The van der Waals surface area contributed by atoms with Gasteiger partial charge in [0.05, 0.1) is 23.9 Å². The standard InChI is InChI=1S/C10H20O4/c1-9(13)4-3-7(5-8(9)12)10(2,14)6-11/h7-8,11-14H,3-6H2,1-2H3/t7-,8-,9-,10+/m1/s1. The van der Waals surface area contributed by atoms with Crippen molar-refractivity contribution in [2.45, 2.75) is 50.4 Å². The summed E-state index contributed by atoms with van der Waals surface area (Å²) in [4.78, 5) is 0. The van der Waals surface area contributed by atoms with Crippen LogP contribution in [-0.2, 0) is 0 Å². The lowest BCUT2D eigenvalue weighted by Crippen LogP contribution is -2.50. The van der Waals surface area contributed by atoms with Crippen LogP contribution in [0.5, 0.6) is 0 Å². The topological polar surface area (TPSA) is 80.9 Å². The smallest absolute Gasteiger partial charge is 0.0878 e. The normalized spacial score (nSPS) is 43.3. The van der Waals surface area contributed by atoms with Crippen molar-refractivity contribution < 1.29 is 20.4 Å². The van der Waals surface area contributed by atoms with Gasteiger partial charge in [-0.2, -0.15) is 0 Å². The van der Waals surface area contributed by atoms with Gasteiger partial charge in [-0.1, -0.05) is 0 Å². The molecule has 1 rings (SSSR count). The Kier molecular flexibility index (Phi) is 3.21. The monoisotopic (exact) mass is 204 g/mol. The number of aliphatic hydroxyl groups is 4. The summed E-state index contributed by atoms with van der Waals surface area (Å²) in [5.74, 6) is -0.150. The van der Waals surface area contributed by atoms with Gasteiger partial charge in [-0.25, -0.2) is 0 Å². The van der Waals surface area contributed by atoms with E-state index in [0.717, 1.165) is 0 Å². The van der Waals surface area contributed by atoms with Crippen LogP contribution in [0.1, 0.15) is 33.1 Å². The van der Waals surface area contributed by atoms with Crippen LogP contribution in [0, 0.1) is 5.92 Å². The molecule has 4 atom stereocenters. The van der Waals surface area contributed by atoms with Crippen LogP contribution < -0.4 is 0 Å². The van der Waals surface area contributed by atoms with Crippen LogP contribution in [0.15, 0.2) is 0 Å². The first-order valence-electron chi connectivity index (χ1n) is 5.03. The first kappa shape index (κ1) is 11.9. The van der Waals surface area contributed by atoms with Crippen LogP contribution in [-0.4, -0.2) is 44.3 Å². The second kappa shape index (κ2) is 3.77. The van der Waals surface area contributed by atoms with Gasteiger partial charge in [0.1, 0.15) is 0 Å². The summed E-state index contributed by atoms with van der Waals surface area (Å²) in [6.45, 7) is 2.85. The molecule has 0 heterocycles. The van der Waals surface area contributed by atoms with Gasteiger partial charge in [0.15, 0.2) is 0 Å². The highest BCUT2D eigenvalue weighted by Gasteiger charge is 2.43. The highest BCUT2D eigenvalue weighted by atomic mass is 16.3. The Hall–Kier alpha value is -0.160. The van der Waals surface area contributed by atoms with Crippen molar-refractivity contribution in [2.75, 3.05) is 6.61 Å². The van der Waals surface area contributed by atoms with E-state index in [4.69, 9.17) is 5.11 Å². The van der Waals surface area contributed by atoms with Crippen molar-refractivity contribution >= 4 is 0 Å². The summed E-state index contributed by atoms with van der Waals surface area (Å²) in [7, 11) is 0. The Morgan fingerprint density at radius 2 is 2.07 bits per heavy atom. The van der Waals surface area contributed by atoms with Crippen LogP contribution in [0.3, 0.4) is 0 Å². The van der Waals surface area contributed by atoms with Gasteiger partial charge < -0.3 is 20.4 Å². The van der Waals surface area contributed by atoms with Gasteiger partial charge in [-0.15, -0.1) is 0 Å². The third-order valence-corrected chi connectivity index (χ3v) is 3.42. The molecule has 14 heavy (non-hydrogen) atoms. The van der Waals surface area contributed by atoms with Gasteiger partial charge >= 0.3 is 0 Å². The Morgan fingerprint density at radius 1 is 1.50 bits per heavy atom. The van der Waals surface area contributed by atoms with Gasteiger partial charge in [0.25, 0.3) is 0 Å². The van der Waals surface area contributed by atoms with Crippen molar-refractivity contribution in [3.8, 4) is 0 Å². The van der Waals surface area contributed by atoms with Crippen LogP contribution >= 0.6 is 0 Å². The van der Waals surface area contributed by atoms with Gasteiger partial charge in [0, 0.05) is 0 Å². The van der Waals surface area contributed by atoms with E-state index in [0.29, 0.717) is 19.3 Å². The molecule has 1 saturated carbocycles. The summed E-state index contributed by atoms with van der Waals surface area (Å²) >= 11 is 0. The van der Waals surface area contributed by atoms with E-state index in [1.54, 1.807) is 13.8 Å². The first-order chi connectivity index (χ1) is 6.29. The highest BCUT2D eigenvalue weighted by Crippen LogP contribution is 2.37. The molecule has 0 aromatic carbocycles. The fourth-order valence-corrected chi connectivity index (χ4v) is 1.97. The zero-order valence-electron chi connectivity index (χ0n) is 8.77. The average molecular weight is 204 g/mol. The van der Waals surface area contributed by atoms with Crippen LogP contribution in [0.4, 0.5) is 0 Å². The SMILES string of the molecule is C[C@](O)(CO)[C@@H]1CC[C@@](C)(O)[C@H](O)C1. The largest absolute Gasteiger partial charge is 0.393 e. The highest BCUT2D eigenvalue weighted by molar-refractivity contribution is 4.95. The molecule has 1 aliphatic rings. The molecule has 4 nitrogen and oxygen atoms in total. The zero-order chi connectivity index (χ0) is 11.0. The Balaban J connectivity index is 2.63.